The third-order valence-corrected chi connectivity index (χ3v) is 3.65. The highest BCUT2D eigenvalue weighted by atomic mass is 16.6. The molecular weight excluding hydrogens is 278 g/mol. The fourth-order valence-electron chi connectivity index (χ4n) is 2.65. The molecule has 1 aromatic rings. The van der Waals surface area contributed by atoms with Crippen molar-refractivity contribution in [2.75, 3.05) is 18.4 Å². The summed E-state index contributed by atoms with van der Waals surface area (Å²) in [7, 11) is 0. The summed E-state index contributed by atoms with van der Waals surface area (Å²) in [5.74, 6) is -0.340. The number of anilines is 1. The van der Waals surface area contributed by atoms with E-state index in [4.69, 9.17) is 5.11 Å². The number of fused-ring (bicyclic) bond motifs is 1. The summed E-state index contributed by atoms with van der Waals surface area (Å²) >= 11 is 0. The van der Waals surface area contributed by atoms with Crippen molar-refractivity contribution in [1.82, 2.24) is 4.90 Å². The van der Waals surface area contributed by atoms with E-state index < -0.39 is 11.0 Å². The highest BCUT2D eigenvalue weighted by Gasteiger charge is 2.32. The van der Waals surface area contributed by atoms with Gasteiger partial charge in [0.2, 0.25) is 0 Å². The zero-order valence-corrected chi connectivity index (χ0v) is 10.8. The summed E-state index contributed by atoms with van der Waals surface area (Å²) in [5.41, 5.74) is 1.93. The van der Waals surface area contributed by atoms with Crippen molar-refractivity contribution >= 4 is 28.9 Å². The van der Waals surface area contributed by atoms with E-state index in [2.05, 4.69) is 5.32 Å². The van der Waals surface area contributed by atoms with E-state index in [1.54, 1.807) is 0 Å². The Morgan fingerprint density at radius 1 is 1.43 bits per heavy atom. The fourth-order valence-corrected chi connectivity index (χ4v) is 2.65. The van der Waals surface area contributed by atoms with E-state index in [1.165, 1.54) is 23.1 Å². The number of hydrogen-bond donors (Lipinski definition) is 2. The SMILES string of the molecule is O=C1Nc2ccc([N+](=O)[O-])cc2C1=C1CCN(C(=O)O)C1. The molecule has 8 nitrogen and oxygen atoms in total. The Hall–Kier alpha value is -2.90. The van der Waals surface area contributed by atoms with Gasteiger partial charge in [-0.2, -0.15) is 0 Å². The molecule has 8 heteroatoms. The molecule has 2 aliphatic heterocycles. The Bertz CT molecular complexity index is 710. The molecule has 21 heavy (non-hydrogen) atoms. The summed E-state index contributed by atoms with van der Waals surface area (Å²) in [6.45, 7) is 0.478. The topological polar surface area (TPSA) is 113 Å². The molecule has 3 rings (SSSR count). The maximum absolute atomic E-state index is 12.1. The lowest BCUT2D eigenvalue weighted by atomic mass is 10.00. The molecule has 2 N–H and O–H groups in total. The smallest absolute Gasteiger partial charge is 0.407 e. The zero-order chi connectivity index (χ0) is 15.1. The number of hydrogen-bond acceptors (Lipinski definition) is 4. The van der Waals surface area contributed by atoms with Crippen LogP contribution in [0.25, 0.3) is 5.57 Å². The molecule has 0 bridgehead atoms. The molecule has 1 saturated heterocycles. The van der Waals surface area contributed by atoms with Crippen molar-refractivity contribution < 1.29 is 19.6 Å². The first-order chi connectivity index (χ1) is 9.97. The molecule has 0 unspecified atom stereocenters. The predicted molar refractivity (Wildman–Crippen MR) is 72.9 cm³/mol. The van der Waals surface area contributed by atoms with Crippen molar-refractivity contribution in [1.29, 1.82) is 0 Å². The highest BCUT2D eigenvalue weighted by molar-refractivity contribution is 6.32. The lowest BCUT2D eigenvalue weighted by Gasteiger charge is -2.09. The van der Waals surface area contributed by atoms with Gasteiger partial charge in [0.25, 0.3) is 11.6 Å². The average molecular weight is 289 g/mol. The number of likely N-dealkylation sites (tertiary alicyclic amines) is 1. The van der Waals surface area contributed by atoms with Crippen molar-refractivity contribution in [3.8, 4) is 0 Å². The van der Waals surface area contributed by atoms with E-state index in [0.29, 0.717) is 35.4 Å². The van der Waals surface area contributed by atoms with E-state index >= 15 is 0 Å². The number of carbonyl (C=O) groups excluding carboxylic acids is 1. The normalized spacial score (nSPS) is 20.4. The monoisotopic (exact) mass is 289 g/mol. The number of amides is 2. The van der Waals surface area contributed by atoms with Gasteiger partial charge in [-0.05, 0) is 18.1 Å². The number of non-ortho nitro benzene ring substituents is 1. The van der Waals surface area contributed by atoms with Crippen LogP contribution in [-0.2, 0) is 4.79 Å². The molecular formula is C13H11N3O5. The molecule has 2 heterocycles. The van der Waals surface area contributed by atoms with Crippen LogP contribution in [0.2, 0.25) is 0 Å². The minimum Gasteiger partial charge on any atom is -0.465 e. The molecule has 1 aromatic carbocycles. The summed E-state index contributed by atoms with van der Waals surface area (Å²) in [6.07, 6.45) is -0.583. The Labute approximate surface area is 118 Å². The van der Waals surface area contributed by atoms with E-state index in [0.717, 1.165) is 0 Å². The predicted octanol–water partition coefficient (Wildman–Crippen LogP) is 1.68. The van der Waals surface area contributed by atoms with E-state index in [1.807, 2.05) is 0 Å². The molecule has 0 aliphatic carbocycles. The van der Waals surface area contributed by atoms with Gasteiger partial charge in [0.05, 0.1) is 10.5 Å². The second-order valence-corrected chi connectivity index (χ2v) is 4.87. The second-order valence-electron chi connectivity index (χ2n) is 4.87. The van der Waals surface area contributed by atoms with Crippen LogP contribution in [0.1, 0.15) is 12.0 Å². The molecule has 1 fully saturated rings. The first-order valence-corrected chi connectivity index (χ1v) is 6.27. The third-order valence-electron chi connectivity index (χ3n) is 3.65. The van der Waals surface area contributed by atoms with Crippen LogP contribution < -0.4 is 5.32 Å². The van der Waals surface area contributed by atoms with E-state index in [-0.39, 0.29) is 18.1 Å². The lowest BCUT2D eigenvalue weighted by molar-refractivity contribution is -0.384. The molecule has 0 atom stereocenters. The van der Waals surface area contributed by atoms with Gasteiger partial charge in [-0.15, -0.1) is 0 Å². The summed E-state index contributed by atoms with van der Waals surface area (Å²) < 4.78 is 0. The minimum atomic E-state index is -1.04. The largest absolute Gasteiger partial charge is 0.465 e. The summed E-state index contributed by atoms with van der Waals surface area (Å²) in [5, 5.41) is 22.5. The van der Waals surface area contributed by atoms with Crippen LogP contribution in [-0.4, -0.2) is 40.0 Å². The van der Waals surface area contributed by atoms with Gasteiger partial charge in [0.15, 0.2) is 0 Å². The Balaban J connectivity index is 2.06. The first kappa shape index (κ1) is 13.1. The van der Waals surface area contributed by atoms with Gasteiger partial charge in [0.1, 0.15) is 0 Å². The van der Waals surface area contributed by atoms with Crippen LogP contribution in [0.4, 0.5) is 16.2 Å². The third kappa shape index (κ3) is 2.10. The quantitative estimate of drug-likeness (QED) is 0.464. The number of carbonyl (C=O) groups is 2. The van der Waals surface area contributed by atoms with Crippen LogP contribution in [0, 0.1) is 10.1 Å². The standard InChI is InChI=1S/C13H11N3O5/c17-12-11(7-3-4-15(6-7)13(18)19)9-5-8(16(20)21)1-2-10(9)14-12/h1-2,5H,3-4,6H2,(H,14,17)(H,18,19). The van der Waals surface area contributed by atoms with Gasteiger partial charge in [-0.1, -0.05) is 0 Å². The molecule has 0 saturated carbocycles. The zero-order valence-electron chi connectivity index (χ0n) is 10.8. The van der Waals surface area contributed by atoms with Crippen molar-refractivity contribution in [3.63, 3.8) is 0 Å². The number of benzene rings is 1. The van der Waals surface area contributed by atoms with E-state index in [9.17, 15) is 19.7 Å². The summed E-state index contributed by atoms with van der Waals surface area (Å²) in [6, 6.07) is 4.16. The number of rotatable bonds is 1. The summed E-state index contributed by atoms with van der Waals surface area (Å²) in [4.78, 5) is 34.6. The van der Waals surface area contributed by atoms with Crippen LogP contribution in [0.15, 0.2) is 23.8 Å². The molecule has 0 radical (unpaired) electrons. The minimum absolute atomic E-state index is 0.101. The first-order valence-electron chi connectivity index (χ1n) is 6.27. The van der Waals surface area contributed by atoms with Crippen molar-refractivity contribution in [3.05, 3.63) is 39.4 Å². The van der Waals surface area contributed by atoms with Gasteiger partial charge in [-0.3, -0.25) is 14.9 Å². The maximum Gasteiger partial charge on any atom is 0.407 e. The van der Waals surface area contributed by atoms with Gasteiger partial charge < -0.3 is 15.3 Å². The van der Waals surface area contributed by atoms with Gasteiger partial charge in [-0.25, -0.2) is 4.79 Å². The van der Waals surface area contributed by atoms with Gasteiger partial charge in [0, 0.05) is 36.5 Å². The molecule has 108 valence electrons. The lowest BCUT2D eigenvalue weighted by Crippen LogP contribution is -2.25. The Morgan fingerprint density at radius 2 is 2.19 bits per heavy atom. The van der Waals surface area contributed by atoms with Crippen molar-refractivity contribution in [2.45, 2.75) is 6.42 Å². The van der Waals surface area contributed by atoms with Crippen LogP contribution in [0.5, 0.6) is 0 Å². The average Bonchev–Trinajstić information content (AvgIpc) is 3.00. The fraction of sp³-hybridized carbons (Fsp3) is 0.231. The number of nitro benzene ring substituents is 1. The van der Waals surface area contributed by atoms with Crippen molar-refractivity contribution in [2.24, 2.45) is 0 Å². The molecule has 0 spiro atoms. The second kappa shape index (κ2) is 4.58. The number of nitro groups is 1. The number of nitrogens with zero attached hydrogens (tertiary/aromatic N) is 2. The highest BCUT2D eigenvalue weighted by Crippen LogP contribution is 2.38. The molecule has 2 aliphatic rings. The molecule has 0 aromatic heterocycles. The Kier molecular flexibility index (Phi) is 2.86. The van der Waals surface area contributed by atoms with Gasteiger partial charge >= 0.3 is 6.09 Å². The number of nitrogens with one attached hydrogen (secondary N) is 1. The maximum atomic E-state index is 12.1. The number of carboxylic acid groups (broad SMARTS) is 1. The Morgan fingerprint density at radius 3 is 2.81 bits per heavy atom. The molecule has 2 amide bonds. The van der Waals surface area contributed by atoms with Crippen LogP contribution in [0.3, 0.4) is 0 Å². The van der Waals surface area contributed by atoms with Crippen LogP contribution >= 0.6 is 0 Å².